The van der Waals surface area contributed by atoms with Crippen LogP contribution in [0.15, 0.2) is 31.0 Å². The monoisotopic (exact) mass is 247 g/mol. The van der Waals surface area contributed by atoms with Gasteiger partial charge in [-0.05, 0) is 31.9 Å². The Bertz CT molecular complexity index is 499. The van der Waals surface area contributed by atoms with Crippen molar-refractivity contribution < 1.29 is 5.11 Å². The molecule has 1 unspecified atom stereocenters. The molecular weight excluding hydrogens is 226 g/mol. The maximum atomic E-state index is 9.78. The first-order chi connectivity index (χ1) is 8.61. The summed E-state index contributed by atoms with van der Waals surface area (Å²) in [5, 5.41) is 9.78. The molecule has 0 aliphatic carbocycles. The third-order valence-electron chi connectivity index (χ3n) is 3.19. The summed E-state index contributed by atoms with van der Waals surface area (Å²) >= 11 is 0. The summed E-state index contributed by atoms with van der Waals surface area (Å²) in [6, 6.07) is 2.39. The van der Waals surface area contributed by atoms with Crippen molar-refractivity contribution in [3.05, 3.63) is 42.2 Å². The number of imidazole rings is 1. The van der Waals surface area contributed by atoms with E-state index >= 15 is 0 Å². The third kappa shape index (κ3) is 2.64. The van der Waals surface area contributed by atoms with Crippen LogP contribution in [-0.4, -0.2) is 19.2 Å². The maximum Gasteiger partial charge on any atom is 0.0951 e. The largest absolute Gasteiger partial charge is 0.388 e. The van der Waals surface area contributed by atoms with Crippen molar-refractivity contribution in [3.63, 3.8) is 0 Å². The fourth-order valence-corrected chi connectivity index (χ4v) is 2.10. The highest BCUT2D eigenvalue weighted by Gasteiger charge is 2.09. The number of rotatable bonds is 5. The zero-order chi connectivity index (χ0) is 13.1. The number of aliphatic hydroxyl groups excluding tert-OH is 1. The summed E-state index contributed by atoms with van der Waals surface area (Å²) < 4.78 is 4.25. The first kappa shape index (κ1) is 12.9. The third-order valence-corrected chi connectivity index (χ3v) is 3.19. The molecule has 0 radical (unpaired) electrons. The predicted molar refractivity (Wildman–Crippen MR) is 71.4 cm³/mol. The van der Waals surface area contributed by atoms with Crippen LogP contribution in [0.4, 0.5) is 0 Å². The zero-order valence-electron chi connectivity index (χ0n) is 11.2. The van der Waals surface area contributed by atoms with Crippen LogP contribution in [0.1, 0.15) is 50.6 Å². The molecule has 2 rings (SSSR count). The molecule has 4 heteroatoms. The van der Waals surface area contributed by atoms with Crippen molar-refractivity contribution >= 4 is 0 Å². The van der Waals surface area contributed by atoms with E-state index < -0.39 is 0 Å². The summed E-state index contributed by atoms with van der Waals surface area (Å²) in [5.74, 6) is 0. The summed E-state index contributed by atoms with van der Waals surface area (Å²) in [6.07, 6.45) is 8.16. The highest BCUT2D eigenvalue weighted by molar-refractivity contribution is 5.15. The molecule has 2 heterocycles. The van der Waals surface area contributed by atoms with E-state index in [4.69, 9.17) is 0 Å². The van der Waals surface area contributed by atoms with Crippen LogP contribution in [0.5, 0.6) is 0 Å². The van der Waals surface area contributed by atoms with Gasteiger partial charge in [-0.1, -0.05) is 6.92 Å². The van der Waals surface area contributed by atoms with E-state index in [0.717, 1.165) is 18.5 Å². The van der Waals surface area contributed by atoms with Gasteiger partial charge in [-0.2, -0.15) is 0 Å². The van der Waals surface area contributed by atoms with Crippen molar-refractivity contribution in [2.45, 2.75) is 45.9 Å². The molecule has 2 aromatic heterocycles. The van der Waals surface area contributed by atoms with Crippen molar-refractivity contribution in [2.75, 3.05) is 0 Å². The Morgan fingerprint density at radius 3 is 2.83 bits per heavy atom. The molecule has 0 aliphatic heterocycles. The first-order valence-corrected chi connectivity index (χ1v) is 6.46. The van der Waals surface area contributed by atoms with Gasteiger partial charge in [-0.15, -0.1) is 0 Å². The SMILES string of the molecule is CCC(O)c1ccn(Cc2cncn2C(C)C)c1. The molecule has 0 aliphatic rings. The fourth-order valence-electron chi connectivity index (χ4n) is 2.10. The van der Waals surface area contributed by atoms with Crippen LogP contribution in [0.3, 0.4) is 0 Å². The summed E-state index contributed by atoms with van der Waals surface area (Å²) in [4.78, 5) is 4.20. The Morgan fingerprint density at radius 2 is 2.17 bits per heavy atom. The lowest BCUT2D eigenvalue weighted by Gasteiger charge is -2.12. The molecule has 1 N–H and O–H groups in total. The number of hydrogen-bond acceptors (Lipinski definition) is 2. The van der Waals surface area contributed by atoms with E-state index in [1.54, 1.807) is 0 Å². The Morgan fingerprint density at radius 1 is 1.39 bits per heavy atom. The smallest absolute Gasteiger partial charge is 0.0951 e. The van der Waals surface area contributed by atoms with Crippen molar-refractivity contribution in [3.8, 4) is 0 Å². The van der Waals surface area contributed by atoms with Gasteiger partial charge in [0, 0.05) is 24.6 Å². The highest BCUT2D eigenvalue weighted by Crippen LogP contribution is 2.17. The molecule has 0 fully saturated rings. The average molecular weight is 247 g/mol. The van der Waals surface area contributed by atoms with Gasteiger partial charge in [0.1, 0.15) is 0 Å². The normalized spacial score (nSPS) is 13.2. The molecule has 0 spiro atoms. The lowest BCUT2D eigenvalue weighted by atomic mass is 10.1. The summed E-state index contributed by atoms with van der Waals surface area (Å²) in [7, 11) is 0. The molecule has 0 saturated heterocycles. The second kappa shape index (κ2) is 5.40. The van der Waals surface area contributed by atoms with Crippen LogP contribution in [0.2, 0.25) is 0 Å². The Balaban J connectivity index is 2.14. The van der Waals surface area contributed by atoms with E-state index in [0.29, 0.717) is 6.04 Å². The lowest BCUT2D eigenvalue weighted by molar-refractivity contribution is 0.173. The number of hydrogen-bond donors (Lipinski definition) is 1. The second-order valence-electron chi connectivity index (χ2n) is 4.93. The Kier molecular flexibility index (Phi) is 3.87. The lowest BCUT2D eigenvalue weighted by Crippen LogP contribution is -2.07. The van der Waals surface area contributed by atoms with Gasteiger partial charge in [-0.25, -0.2) is 4.98 Å². The molecule has 0 bridgehead atoms. The molecule has 1 atom stereocenters. The highest BCUT2D eigenvalue weighted by atomic mass is 16.3. The first-order valence-electron chi connectivity index (χ1n) is 6.46. The molecule has 0 saturated carbocycles. The van der Waals surface area contributed by atoms with E-state index in [2.05, 4.69) is 28.0 Å². The van der Waals surface area contributed by atoms with Crippen molar-refractivity contribution in [1.29, 1.82) is 0 Å². The van der Waals surface area contributed by atoms with Gasteiger partial charge in [-0.3, -0.25) is 0 Å². The molecular formula is C14H21N3O. The van der Waals surface area contributed by atoms with Crippen LogP contribution in [0.25, 0.3) is 0 Å². The van der Waals surface area contributed by atoms with Crippen LogP contribution in [-0.2, 0) is 6.54 Å². The van der Waals surface area contributed by atoms with Crippen molar-refractivity contribution in [2.24, 2.45) is 0 Å². The number of nitrogens with zero attached hydrogens (tertiary/aromatic N) is 3. The zero-order valence-corrected chi connectivity index (χ0v) is 11.2. The molecule has 0 aromatic carbocycles. The van der Waals surface area contributed by atoms with Gasteiger partial charge in [0.15, 0.2) is 0 Å². The van der Waals surface area contributed by atoms with Gasteiger partial charge < -0.3 is 14.2 Å². The van der Waals surface area contributed by atoms with Crippen molar-refractivity contribution in [1.82, 2.24) is 14.1 Å². The molecule has 4 nitrogen and oxygen atoms in total. The molecule has 98 valence electrons. The Hall–Kier alpha value is -1.55. The Labute approximate surface area is 108 Å². The van der Waals surface area contributed by atoms with Crippen LogP contribution < -0.4 is 0 Å². The molecule has 0 amide bonds. The quantitative estimate of drug-likeness (QED) is 0.882. The van der Waals surface area contributed by atoms with E-state index in [9.17, 15) is 5.11 Å². The average Bonchev–Trinajstić information content (AvgIpc) is 2.97. The van der Waals surface area contributed by atoms with E-state index in [1.807, 2.05) is 37.9 Å². The molecule has 18 heavy (non-hydrogen) atoms. The van der Waals surface area contributed by atoms with Gasteiger partial charge >= 0.3 is 0 Å². The minimum atomic E-state index is -0.360. The summed E-state index contributed by atoms with van der Waals surface area (Å²) in [5.41, 5.74) is 2.16. The van der Waals surface area contributed by atoms with E-state index in [-0.39, 0.29) is 6.10 Å². The van der Waals surface area contributed by atoms with Crippen LogP contribution in [0, 0.1) is 0 Å². The standard InChI is InChI=1S/C14H21N3O/c1-4-14(18)12-5-6-16(8-12)9-13-7-15-10-17(13)11(2)3/h5-8,10-11,14,18H,4,9H2,1-3H3. The second-order valence-corrected chi connectivity index (χ2v) is 4.93. The minimum Gasteiger partial charge on any atom is -0.388 e. The van der Waals surface area contributed by atoms with Gasteiger partial charge in [0.05, 0.1) is 24.7 Å². The topological polar surface area (TPSA) is 43.0 Å². The fraction of sp³-hybridized carbons (Fsp3) is 0.500. The van der Waals surface area contributed by atoms with Crippen LogP contribution >= 0.6 is 0 Å². The van der Waals surface area contributed by atoms with E-state index in [1.165, 1.54) is 5.69 Å². The number of aliphatic hydroxyl groups is 1. The van der Waals surface area contributed by atoms with Gasteiger partial charge in [0.25, 0.3) is 0 Å². The minimum absolute atomic E-state index is 0.360. The maximum absolute atomic E-state index is 9.78. The van der Waals surface area contributed by atoms with Gasteiger partial charge in [0.2, 0.25) is 0 Å². The predicted octanol–water partition coefficient (Wildman–Crippen LogP) is 2.76. The number of aromatic nitrogens is 3. The molecule has 2 aromatic rings. The summed E-state index contributed by atoms with van der Waals surface area (Å²) in [6.45, 7) is 7.06.